The van der Waals surface area contributed by atoms with Crippen LogP contribution in [-0.4, -0.2) is 53.6 Å². The highest BCUT2D eigenvalue weighted by Gasteiger charge is 2.36. The second-order valence-corrected chi connectivity index (χ2v) is 9.32. The largest absolute Gasteiger partial charge is 0.383 e. The zero-order valence-electron chi connectivity index (χ0n) is 17.2. The summed E-state index contributed by atoms with van der Waals surface area (Å²) in [5.41, 5.74) is 1.93. The summed E-state index contributed by atoms with van der Waals surface area (Å²) in [6, 6.07) is 10.5. The van der Waals surface area contributed by atoms with Crippen LogP contribution >= 0.6 is 0 Å². The van der Waals surface area contributed by atoms with Crippen LogP contribution in [0.25, 0.3) is 11.2 Å². The molecule has 160 valence electrons. The number of imidazole rings is 1. The number of rotatable bonds is 7. The maximum absolute atomic E-state index is 13.3. The number of nitrogens with zero attached hydrogens (tertiary/aromatic N) is 4. The van der Waals surface area contributed by atoms with Gasteiger partial charge in [0.1, 0.15) is 0 Å². The van der Waals surface area contributed by atoms with Gasteiger partial charge in [0.15, 0.2) is 5.65 Å². The van der Waals surface area contributed by atoms with Crippen molar-refractivity contribution in [1.82, 2.24) is 18.4 Å². The molecule has 9 heteroatoms. The number of aryl methyl sites for hydroxylation is 1. The zero-order chi connectivity index (χ0) is 21.3. The molecule has 1 aliphatic heterocycles. The van der Waals surface area contributed by atoms with E-state index in [2.05, 4.69) is 4.98 Å². The van der Waals surface area contributed by atoms with Crippen LogP contribution in [0.5, 0.6) is 0 Å². The Bertz CT molecular complexity index is 1220. The van der Waals surface area contributed by atoms with Crippen molar-refractivity contribution in [3.8, 4) is 0 Å². The third-order valence-corrected chi connectivity index (χ3v) is 7.67. The van der Waals surface area contributed by atoms with E-state index in [9.17, 15) is 13.2 Å². The van der Waals surface area contributed by atoms with E-state index in [1.54, 1.807) is 40.6 Å². The van der Waals surface area contributed by atoms with Crippen LogP contribution in [0.4, 0.5) is 0 Å². The lowest BCUT2D eigenvalue weighted by Crippen LogP contribution is -2.33. The Kier molecular flexibility index (Phi) is 5.77. The van der Waals surface area contributed by atoms with Crippen LogP contribution in [-0.2, 0) is 27.7 Å². The molecule has 0 saturated carbocycles. The number of benzene rings is 1. The van der Waals surface area contributed by atoms with Crippen molar-refractivity contribution < 1.29 is 13.2 Å². The quantitative estimate of drug-likeness (QED) is 0.573. The average Bonchev–Trinajstić information content (AvgIpc) is 3.35. The van der Waals surface area contributed by atoms with E-state index in [4.69, 9.17) is 4.74 Å². The highest BCUT2D eigenvalue weighted by molar-refractivity contribution is 7.89. The first-order valence-electron chi connectivity index (χ1n) is 10.1. The molecule has 0 radical (unpaired) electrons. The average molecular weight is 431 g/mol. The number of methoxy groups -OCH3 is 1. The fourth-order valence-corrected chi connectivity index (χ4v) is 5.95. The summed E-state index contributed by atoms with van der Waals surface area (Å²) in [5.74, 6) is 0. The Morgan fingerprint density at radius 3 is 2.77 bits per heavy atom. The highest BCUT2D eigenvalue weighted by atomic mass is 32.2. The van der Waals surface area contributed by atoms with Crippen LogP contribution in [0.3, 0.4) is 0 Å². The number of sulfonamides is 1. The van der Waals surface area contributed by atoms with E-state index in [-0.39, 0.29) is 18.3 Å². The third-order valence-electron chi connectivity index (χ3n) is 5.70. The van der Waals surface area contributed by atoms with E-state index in [0.29, 0.717) is 43.1 Å². The number of hydrogen-bond donors (Lipinski definition) is 0. The molecule has 4 rings (SSSR count). The van der Waals surface area contributed by atoms with E-state index >= 15 is 0 Å². The number of fused-ring (bicyclic) bond motifs is 1. The van der Waals surface area contributed by atoms with Crippen LogP contribution in [0.2, 0.25) is 0 Å². The molecule has 2 aromatic heterocycles. The fraction of sp³-hybridized carbons (Fsp3) is 0.429. The molecule has 30 heavy (non-hydrogen) atoms. The summed E-state index contributed by atoms with van der Waals surface area (Å²) < 4.78 is 36.5. The Labute approximate surface area is 175 Å². The molecule has 3 heterocycles. The number of pyridine rings is 1. The smallest absolute Gasteiger partial charge is 0.330 e. The standard InChI is InChI=1S/C21H26N4O4S/c1-3-16-7-4-5-9-19(16)30(27,28)23-12-10-17(15-23)25-20-18(8-6-11-22-20)24(21(25)26)13-14-29-2/h4-9,11,17H,3,10,12-15H2,1-2H3/t17-/m1/s1. The van der Waals surface area contributed by atoms with Crippen molar-refractivity contribution in [3.05, 3.63) is 58.6 Å². The molecule has 0 N–H and O–H groups in total. The summed E-state index contributed by atoms with van der Waals surface area (Å²) in [6.07, 6.45) is 2.86. The maximum atomic E-state index is 13.3. The van der Waals surface area contributed by atoms with Gasteiger partial charge in [-0.15, -0.1) is 0 Å². The van der Waals surface area contributed by atoms with E-state index in [0.717, 1.165) is 11.1 Å². The summed E-state index contributed by atoms with van der Waals surface area (Å²) in [5, 5.41) is 0. The van der Waals surface area contributed by atoms with Gasteiger partial charge in [-0.25, -0.2) is 18.2 Å². The molecule has 1 aliphatic rings. The maximum Gasteiger partial charge on any atom is 0.330 e. The molecule has 0 unspecified atom stereocenters. The van der Waals surface area contributed by atoms with Gasteiger partial charge < -0.3 is 4.74 Å². The van der Waals surface area contributed by atoms with Crippen molar-refractivity contribution in [2.24, 2.45) is 0 Å². The first-order chi connectivity index (χ1) is 14.5. The number of ether oxygens (including phenoxy) is 1. The summed E-state index contributed by atoms with van der Waals surface area (Å²) >= 11 is 0. The van der Waals surface area contributed by atoms with E-state index in [1.165, 1.54) is 4.31 Å². The van der Waals surface area contributed by atoms with Gasteiger partial charge >= 0.3 is 5.69 Å². The molecular weight excluding hydrogens is 404 g/mol. The minimum atomic E-state index is -3.63. The lowest BCUT2D eigenvalue weighted by Gasteiger charge is -2.19. The Balaban J connectivity index is 1.69. The van der Waals surface area contributed by atoms with Crippen molar-refractivity contribution in [3.63, 3.8) is 0 Å². The number of hydrogen-bond acceptors (Lipinski definition) is 5. The van der Waals surface area contributed by atoms with Gasteiger partial charge in [0, 0.05) is 26.4 Å². The second kappa shape index (κ2) is 8.33. The Hall–Kier alpha value is -2.49. The summed E-state index contributed by atoms with van der Waals surface area (Å²) in [4.78, 5) is 17.9. The van der Waals surface area contributed by atoms with Gasteiger partial charge in [0.25, 0.3) is 0 Å². The second-order valence-electron chi connectivity index (χ2n) is 7.41. The molecular formula is C21H26N4O4S. The monoisotopic (exact) mass is 430 g/mol. The van der Waals surface area contributed by atoms with Gasteiger partial charge in [0.2, 0.25) is 10.0 Å². The minimum Gasteiger partial charge on any atom is -0.383 e. The third kappa shape index (κ3) is 3.46. The van der Waals surface area contributed by atoms with Crippen molar-refractivity contribution in [1.29, 1.82) is 0 Å². The predicted octanol–water partition coefficient (Wildman–Crippen LogP) is 2.04. The van der Waals surface area contributed by atoms with E-state index < -0.39 is 10.0 Å². The number of aromatic nitrogens is 3. The topological polar surface area (TPSA) is 86.4 Å². The summed E-state index contributed by atoms with van der Waals surface area (Å²) in [6.45, 7) is 3.40. The van der Waals surface area contributed by atoms with Crippen molar-refractivity contribution >= 4 is 21.2 Å². The van der Waals surface area contributed by atoms with E-state index in [1.807, 2.05) is 25.1 Å². The van der Waals surface area contributed by atoms with Gasteiger partial charge in [0.05, 0.1) is 29.6 Å². The SMILES string of the molecule is CCc1ccccc1S(=O)(=O)N1CC[C@@H](n2c(=O)n(CCOC)c3cccnc32)C1. The molecule has 0 amide bonds. The molecule has 0 aliphatic carbocycles. The predicted molar refractivity (Wildman–Crippen MR) is 114 cm³/mol. The van der Waals surface area contributed by atoms with Crippen molar-refractivity contribution in [2.75, 3.05) is 26.8 Å². The van der Waals surface area contributed by atoms with Crippen molar-refractivity contribution in [2.45, 2.75) is 37.2 Å². The molecule has 1 aromatic carbocycles. The van der Waals surface area contributed by atoms with Crippen LogP contribution < -0.4 is 5.69 Å². The molecule has 0 bridgehead atoms. The molecule has 1 atom stereocenters. The van der Waals surface area contributed by atoms with Gasteiger partial charge in [-0.1, -0.05) is 25.1 Å². The molecule has 3 aromatic rings. The Morgan fingerprint density at radius 2 is 2.00 bits per heavy atom. The van der Waals surface area contributed by atoms with Crippen LogP contribution in [0.1, 0.15) is 24.9 Å². The van der Waals surface area contributed by atoms with Crippen LogP contribution in [0, 0.1) is 0 Å². The van der Waals surface area contributed by atoms with Crippen LogP contribution in [0.15, 0.2) is 52.3 Å². The minimum absolute atomic E-state index is 0.182. The highest BCUT2D eigenvalue weighted by Crippen LogP contribution is 2.30. The first kappa shape index (κ1) is 20.8. The molecule has 8 nitrogen and oxygen atoms in total. The fourth-order valence-electron chi connectivity index (χ4n) is 4.16. The Morgan fingerprint density at radius 1 is 1.20 bits per heavy atom. The molecule has 1 fully saturated rings. The van der Waals surface area contributed by atoms with Gasteiger partial charge in [-0.05, 0) is 36.6 Å². The van der Waals surface area contributed by atoms with Gasteiger partial charge in [-0.3, -0.25) is 9.13 Å². The first-order valence-corrected chi connectivity index (χ1v) is 11.6. The zero-order valence-corrected chi connectivity index (χ0v) is 18.0. The van der Waals surface area contributed by atoms with Gasteiger partial charge in [-0.2, -0.15) is 4.31 Å². The molecule has 1 saturated heterocycles. The molecule has 0 spiro atoms. The lowest BCUT2D eigenvalue weighted by atomic mass is 10.2. The lowest BCUT2D eigenvalue weighted by molar-refractivity contribution is 0.187. The normalized spacial score (nSPS) is 17.7. The summed E-state index contributed by atoms with van der Waals surface area (Å²) in [7, 11) is -2.03.